The quantitative estimate of drug-likeness (QED) is 0.656. The highest BCUT2D eigenvalue weighted by molar-refractivity contribution is 5.71. The molecule has 0 atom stereocenters. The van der Waals surface area contributed by atoms with E-state index >= 15 is 0 Å². The Morgan fingerprint density at radius 1 is 0.583 bits per heavy atom. The average molecular weight is 312 g/mol. The van der Waals surface area contributed by atoms with Gasteiger partial charge in [-0.3, -0.25) is 0 Å². The van der Waals surface area contributed by atoms with Crippen molar-refractivity contribution < 1.29 is 0 Å². The first kappa shape index (κ1) is 14.6. The van der Waals surface area contributed by atoms with Gasteiger partial charge in [-0.1, -0.05) is 66.7 Å². The number of hydrogen-bond acceptors (Lipinski definition) is 2. The van der Waals surface area contributed by atoms with Crippen LogP contribution in [0.15, 0.2) is 91.3 Å². The van der Waals surface area contributed by atoms with E-state index in [1.54, 1.807) is 0 Å². The Bertz CT molecular complexity index is 833. The van der Waals surface area contributed by atoms with Crippen molar-refractivity contribution in [1.82, 2.24) is 4.90 Å². The topological polar surface area (TPSA) is 6.48 Å². The normalized spacial score (nSPS) is 13.5. The Kier molecular flexibility index (Phi) is 3.80. The zero-order valence-corrected chi connectivity index (χ0v) is 13.8. The van der Waals surface area contributed by atoms with Crippen molar-refractivity contribution in [2.45, 2.75) is 0 Å². The smallest absolute Gasteiger partial charge is 0.0938 e. The Hall–Kier alpha value is -3.00. The van der Waals surface area contributed by atoms with Gasteiger partial charge in [-0.2, -0.15) is 0 Å². The summed E-state index contributed by atoms with van der Waals surface area (Å²) in [5.41, 5.74) is 6.22. The molecule has 0 amide bonds. The lowest BCUT2D eigenvalue weighted by Gasteiger charge is -2.18. The van der Waals surface area contributed by atoms with Crippen molar-refractivity contribution in [3.05, 3.63) is 91.3 Å². The zero-order valence-electron chi connectivity index (χ0n) is 13.8. The first-order valence-electron chi connectivity index (χ1n) is 8.21. The summed E-state index contributed by atoms with van der Waals surface area (Å²) in [6.07, 6.45) is 4.21. The fraction of sp³-hybridized carbons (Fsp3) is 0.0909. The van der Waals surface area contributed by atoms with Crippen molar-refractivity contribution in [2.75, 3.05) is 18.6 Å². The molecule has 3 aromatic rings. The lowest BCUT2D eigenvalue weighted by Crippen LogP contribution is -2.21. The Balaban J connectivity index is 1.55. The van der Waals surface area contributed by atoms with Crippen molar-refractivity contribution in [3.63, 3.8) is 0 Å². The molecular formula is C22H20N2. The van der Waals surface area contributed by atoms with E-state index in [1.807, 2.05) is 6.07 Å². The number of anilines is 1. The summed E-state index contributed by atoms with van der Waals surface area (Å²) in [6.45, 7) is 0.908. The van der Waals surface area contributed by atoms with Crippen LogP contribution in [-0.4, -0.2) is 18.6 Å². The molecule has 24 heavy (non-hydrogen) atoms. The maximum Gasteiger partial charge on any atom is 0.0938 e. The van der Waals surface area contributed by atoms with Crippen LogP contribution in [0.3, 0.4) is 0 Å². The van der Waals surface area contributed by atoms with Crippen LogP contribution >= 0.6 is 0 Å². The van der Waals surface area contributed by atoms with Crippen molar-refractivity contribution in [3.8, 4) is 22.3 Å². The van der Waals surface area contributed by atoms with Gasteiger partial charge in [-0.15, -0.1) is 0 Å². The second-order valence-electron chi connectivity index (χ2n) is 6.16. The molecule has 0 spiro atoms. The standard InChI is InChI=1S/C22H20N2/c1-23-15-16-24(17-23)22-13-11-21(12-14-22)20-9-7-19(8-10-20)18-5-3-2-4-6-18/h2-16H,17H2,1H3. The molecule has 1 heterocycles. The number of nitrogens with zero attached hydrogens (tertiary/aromatic N) is 2. The van der Waals surface area contributed by atoms with Crippen molar-refractivity contribution in [1.29, 1.82) is 0 Å². The molecule has 0 saturated carbocycles. The van der Waals surface area contributed by atoms with Gasteiger partial charge in [0, 0.05) is 25.1 Å². The van der Waals surface area contributed by atoms with E-state index in [0.717, 1.165) is 6.67 Å². The molecule has 0 N–H and O–H groups in total. The molecule has 1 aliphatic rings. The molecule has 0 fully saturated rings. The van der Waals surface area contributed by atoms with Crippen LogP contribution < -0.4 is 4.90 Å². The van der Waals surface area contributed by atoms with Crippen LogP contribution in [0.1, 0.15) is 0 Å². The summed E-state index contributed by atoms with van der Waals surface area (Å²) in [5.74, 6) is 0. The van der Waals surface area contributed by atoms with Gasteiger partial charge in [0.25, 0.3) is 0 Å². The zero-order chi connectivity index (χ0) is 16.4. The maximum absolute atomic E-state index is 2.24. The minimum atomic E-state index is 0.908. The predicted molar refractivity (Wildman–Crippen MR) is 102 cm³/mol. The SMILES string of the molecule is CN1C=CN(c2ccc(-c3ccc(-c4ccccc4)cc3)cc2)C1. The second-order valence-corrected chi connectivity index (χ2v) is 6.16. The van der Waals surface area contributed by atoms with Gasteiger partial charge in [-0.25, -0.2) is 0 Å². The molecule has 2 nitrogen and oxygen atoms in total. The lowest BCUT2D eigenvalue weighted by atomic mass is 10.0. The van der Waals surface area contributed by atoms with Gasteiger partial charge in [0.05, 0.1) is 6.67 Å². The number of hydrogen-bond donors (Lipinski definition) is 0. The fourth-order valence-electron chi connectivity index (χ4n) is 3.03. The highest BCUT2D eigenvalue weighted by atomic mass is 15.3. The van der Waals surface area contributed by atoms with Crippen molar-refractivity contribution in [2.24, 2.45) is 0 Å². The molecule has 0 saturated heterocycles. The molecule has 0 radical (unpaired) electrons. The lowest BCUT2D eigenvalue weighted by molar-refractivity contribution is 0.496. The summed E-state index contributed by atoms with van der Waals surface area (Å²) >= 11 is 0. The fourth-order valence-corrected chi connectivity index (χ4v) is 3.03. The van der Waals surface area contributed by atoms with Crippen LogP contribution in [0.2, 0.25) is 0 Å². The monoisotopic (exact) mass is 312 g/mol. The van der Waals surface area contributed by atoms with E-state index in [2.05, 4.69) is 102 Å². The number of rotatable bonds is 3. The van der Waals surface area contributed by atoms with Crippen LogP contribution in [0, 0.1) is 0 Å². The molecule has 0 unspecified atom stereocenters. The summed E-state index contributed by atoms with van der Waals surface area (Å²) < 4.78 is 0. The van der Waals surface area contributed by atoms with Gasteiger partial charge in [0.15, 0.2) is 0 Å². The minimum Gasteiger partial charge on any atom is -0.361 e. The molecular weight excluding hydrogens is 292 g/mol. The average Bonchev–Trinajstić information content (AvgIpc) is 3.09. The van der Waals surface area contributed by atoms with E-state index in [-0.39, 0.29) is 0 Å². The first-order chi connectivity index (χ1) is 11.8. The summed E-state index contributed by atoms with van der Waals surface area (Å²) in [7, 11) is 2.08. The third kappa shape index (κ3) is 2.91. The van der Waals surface area contributed by atoms with Crippen LogP contribution in [0.4, 0.5) is 5.69 Å². The highest BCUT2D eigenvalue weighted by Crippen LogP contribution is 2.27. The Morgan fingerprint density at radius 2 is 1.08 bits per heavy atom. The molecule has 2 heteroatoms. The van der Waals surface area contributed by atoms with E-state index in [1.165, 1.54) is 27.9 Å². The molecule has 1 aliphatic heterocycles. The highest BCUT2D eigenvalue weighted by Gasteiger charge is 2.10. The summed E-state index contributed by atoms with van der Waals surface area (Å²) in [5, 5.41) is 0. The van der Waals surface area contributed by atoms with E-state index in [9.17, 15) is 0 Å². The maximum atomic E-state index is 2.24. The second kappa shape index (κ2) is 6.25. The summed E-state index contributed by atoms with van der Waals surface area (Å²) in [6, 6.07) is 28.0. The molecule has 0 bridgehead atoms. The molecule has 3 aromatic carbocycles. The van der Waals surface area contributed by atoms with Crippen LogP contribution in [-0.2, 0) is 0 Å². The van der Waals surface area contributed by atoms with Crippen molar-refractivity contribution >= 4 is 5.69 Å². The van der Waals surface area contributed by atoms with Gasteiger partial charge < -0.3 is 9.80 Å². The molecule has 0 aromatic heterocycles. The Labute approximate surface area is 143 Å². The van der Waals surface area contributed by atoms with Crippen LogP contribution in [0.25, 0.3) is 22.3 Å². The summed E-state index contributed by atoms with van der Waals surface area (Å²) in [4.78, 5) is 4.40. The molecule has 118 valence electrons. The molecule has 4 rings (SSSR count). The third-order valence-electron chi connectivity index (χ3n) is 4.40. The largest absolute Gasteiger partial charge is 0.361 e. The van der Waals surface area contributed by atoms with Gasteiger partial charge in [-0.05, 0) is 34.4 Å². The van der Waals surface area contributed by atoms with E-state index < -0.39 is 0 Å². The Morgan fingerprint density at radius 3 is 1.58 bits per heavy atom. The van der Waals surface area contributed by atoms with E-state index in [0.29, 0.717) is 0 Å². The first-order valence-corrected chi connectivity index (χ1v) is 8.21. The van der Waals surface area contributed by atoms with E-state index in [4.69, 9.17) is 0 Å². The molecule has 0 aliphatic carbocycles. The van der Waals surface area contributed by atoms with Gasteiger partial charge in [0.2, 0.25) is 0 Å². The number of benzene rings is 3. The predicted octanol–water partition coefficient (Wildman–Crippen LogP) is 5.20. The van der Waals surface area contributed by atoms with Gasteiger partial charge in [0.1, 0.15) is 0 Å². The van der Waals surface area contributed by atoms with Crippen LogP contribution in [0.5, 0.6) is 0 Å². The minimum absolute atomic E-state index is 0.908. The third-order valence-corrected chi connectivity index (χ3v) is 4.40. The van der Waals surface area contributed by atoms with Gasteiger partial charge >= 0.3 is 0 Å².